The number of rotatable bonds is 3. The standard InChI is InChI=1S/C5H9N3OS2/c1-4(11-10)8-2-5(3-9)6-7-8/h2,4,9-10H,3H2,1H3. The quantitative estimate of drug-likeness (QED) is 0.550. The van der Waals surface area contributed by atoms with Crippen molar-refractivity contribution < 1.29 is 5.11 Å². The van der Waals surface area contributed by atoms with Gasteiger partial charge < -0.3 is 5.11 Å². The molecule has 0 fully saturated rings. The average Bonchev–Trinajstić information content (AvgIpc) is 2.50. The van der Waals surface area contributed by atoms with Crippen molar-refractivity contribution in [2.45, 2.75) is 18.9 Å². The van der Waals surface area contributed by atoms with Gasteiger partial charge in [-0.2, -0.15) is 0 Å². The molecule has 0 saturated heterocycles. The average molecular weight is 191 g/mol. The van der Waals surface area contributed by atoms with E-state index >= 15 is 0 Å². The third-order valence-corrected chi connectivity index (χ3v) is 2.68. The lowest BCUT2D eigenvalue weighted by Gasteiger charge is -2.04. The van der Waals surface area contributed by atoms with Crippen molar-refractivity contribution in [3.05, 3.63) is 11.9 Å². The Hall–Kier alpha value is -0.200. The molecule has 0 aromatic carbocycles. The summed E-state index contributed by atoms with van der Waals surface area (Å²) in [6, 6.07) is 0. The van der Waals surface area contributed by atoms with Crippen LogP contribution in [0.3, 0.4) is 0 Å². The van der Waals surface area contributed by atoms with Crippen LogP contribution in [0.2, 0.25) is 0 Å². The van der Waals surface area contributed by atoms with E-state index in [-0.39, 0.29) is 12.0 Å². The zero-order valence-electron chi connectivity index (χ0n) is 6.01. The van der Waals surface area contributed by atoms with Crippen LogP contribution in [0.25, 0.3) is 0 Å². The second kappa shape index (κ2) is 3.99. The van der Waals surface area contributed by atoms with Crippen LogP contribution < -0.4 is 0 Å². The number of aromatic nitrogens is 3. The highest BCUT2D eigenvalue weighted by Crippen LogP contribution is 2.23. The first-order valence-corrected chi connectivity index (χ1v) is 5.03. The lowest BCUT2D eigenvalue weighted by atomic mass is 10.5. The molecule has 1 aromatic rings. The van der Waals surface area contributed by atoms with Crippen molar-refractivity contribution in [2.24, 2.45) is 0 Å². The molecule has 1 aromatic heterocycles. The van der Waals surface area contributed by atoms with Crippen molar-refractivity contribution in [1.29, 1.82) is 0 Å². The molecule has 0 radical (unpaired) electrons. The number of hydrogen-bond donors (Lipinski definition) is 2. The van der Waals surface area contributed by atoms with Crippen LogP contribution in [-0.2, 0) is 6.61 Å². The molecule has 0 aliphatic rings. The van der Waals surface area contributed by atoms with E-state index in [4.69, 9.17) is 5.11 Å². The molecule has 0 bridgehead atoms. The summed E-state index contributed by atoms with van der Waals surface area (Å²) in [5.41, 5.74) is 0.583. The number of aliphatic hydroxyl groups excluding tert-OH is 1. The first-order chi connectivity index (χ1) is 5.27. The zero-order valence-corrected chi connectivity index (χ0v) is 7.72. The first-order valence-electron chi connectivity index (χ1n) is 3.09. The van der Waals surface area contributed by atoms with E-state index in [2.05, 4.69) is 22.0 Å². The monoisotopic (exact) mass is 191 g/mol. The van der Waals surface area contributed by atoms with Crippen LogP contribution >= 0.6 is 22.5 Å². The highest BCUT2D eigenvalue weighted by molar-refractivity contribution is 8.68. The lowest BCUT2D eigenvalue weighted by molar-refractivity contribution is 0.276. The van der Waals surface area contributed by atoms with E-state index in [0.717, 1.165) is 0 Å². The van der Waals surface area contributed by atoms with Crippen LogP contribution in [-0.4, -0.2) is 20.1 Å². The Morgan fingerprint density at radius 2 is 2.64 bits per heavy atom. The smallest absolute Gasteiger partial charge is 0.108 e. The highest BCUT2D eigenvalue weighted by atomic mass is 33.1. The fourth-order valence-electron chi connectivity index (χ4n) is 0.612. The van der Waals surface area contributed by atoms with Crippen molar-refractivity contribution in [3.8, 4) is 0 Å². The molecule has 6 heteroatoms. The van der Waals surface area contributed by atoms with Crippen molar-refractivity contribution in [2.75, 3.05) is 0 Å². The molecule has 1 N–H and O–H groups in total. The van der Waals surface area contributed by atoms with Gasteiger partial charge in [0.05, 0.1) is 12.8 Å². The van der Waals surface area contributed by atoms with E-state index in [1.807, 2.05) is 6.92 Å². The molecule has 0 aliphatic carbocycles. The second-order valence-electron chi connectivity index (χ2n) is 2.05. The van der Waals surface area contributed by atoms with Crippen molar-refractivity contribution in [3.63, 3.8) is 0 Å². The third-order valence-electron chi connectivity index (χ3n) is 1.24. The number of hydrogen-bond acceptors (Lipinski definition) is 5. The van der Waals surface area contributed by atoms with Gasteiger partial charge in [-0.3, -0.25) is 0 Å². The molecule has 0 saturated carbocycles. The topological polar surface area (TPSA) is 50.9 Å². The van der Waals surface area contributed by atoms with Gasteiger partial charge in [0.25, 0.3) is 0 Å². The van der Waals surface area contributed by atoms with Gasteiger partial charge in [-0.05, 0) is 6.92 Å². The Labute approximate surface area is 73.8 Å². The molecule has 0 amide bonds. The molecule has 11 heavy (non-hydrogen) atoms. The predicted molar refractivity (Wildman–Crippen MR) is 47.2 cm³/mol. The van der Waals surface area contributed by atoms with Crippen LogP contribution in [0.15, 0.2) is 6.20 Å². The van der Waals surface area contributed by atoms with Crippen LogP contribution in [0.1, 0.15) is 18.0 Å². The van der Waals surface area contributed by atoms with Gasteiger partial charge in [-0.25, -0.2) is 4.68 Å². The Morgan fingerprint density at radius 3 is 3.09 bits per heavy atom. The summed E-state index contributed by atoms with van der Waals surface area (Å²) in [6.45, 7) is 1.89. The van der Waals surface area contributed by atoms with Gasteiger partial charge in [0, 0.05) is 0 Å². The summed E-state index contributed by atoms with van der Waals surface area (Å²) >= 11 is 4.03. The van der Waals surface area contributed by atoms with Gasteiger partial charge in [-0.1, -0.05) is 16.0 Å². The maximum Gasteiger partial charge on any atom is 0.108 e. The van der Waals surface area contributed by atoms with E-state index < -0.39 is 0 Å². The molecule has 4 nitrogen and oxygen atoms in total. The van der Waals surface area contributed by atoms with Crippen LogP contribution in [0.5, 0.6) is 0 Å². The summed E-state index contributed by atoms with van der Waals surface area (Å²) < 4.78 is 1.66. The Bertz CT molecular complexity index is 227. The van der Waals surface area contributed by atoms with Gasteiger partial charge in [0.1, 0.15) is 11.1 Å². The van der Waals surface area contributed by atoms with Gasteiger partial charge in [0.15, 0.2) is 0 Å². The molecular formula is C5H9N3OS2. The minimum atomic E-state index is -0.0655. The minimum Gasteiger partial charge on any atom is -0.390 e. The zero-order chi connectivity index (χ0) is 8.27. The van der Waals surface area contributed by atoms with E-state index in [0.29, 0.717) is 5.69 Å². The van der Waals surface area contributed by atoms with Crippen LogP contribution in [0, 0.1) is 0 Å². The van der Waals surface area contributed by atoms with Gasteiger partial charge >= 0.3 is 0 Å². The number of aliphatic hydroxyl groups is 1. The highest BCUT2D eigenvalue weighted by Gasteiger charge is 2.05. The summed E-state index contributed by atoms with van der Waals surface area (Å²) in [6.07, 6.45) is 1.70. The SMILES string of the molecule is CC(SS)n1cc(CO)nn1. The fourth-order valence-corrected chi connectivity index (χ4v) is 1.10. The molecule has 1 atom stereocenters. The predicted octanol–water partition coefficient (Wildman–Crippen LogP) is 0.867. The molecule has 0 aliphatic heterocycles. The minimum absolute atomic E-state index is 0.0655. The molecule has 1 rings (SSSR count). The van der Waals surface area contributed by atoms with Crippen molar-refractivity contribution >= 4 is 22.5 Å². The lowest BCUT2D eigenvalue weighted by Crippen LogP contribution is -1.99. The van der Waals surface area contributed by atoms with E-state index in [1.165, 1.54) is 10.8 Å². The molecule has 62 valence electrons. The third kappa shape index (κ3) is 2.11. The molecule has 1 heterocycles. The fraction of sp³-hybridized carbons (Fsp3) is 0.600. The van der Waals surface area contributed by atoms with Gasteiger partial charge in [0.2, 0.25) is 0 Å². The number of thiol groups is 1. The maximum atomic E-state index is 8.66. The largest absolute Gasteiger partial charge is 0.390 e. The molecule has 1 unspecified atom stereocenters. The second-order valence-corrected chi connectivity index (χ2v) is 3.58. The normalized spacial score (nSPS) is 13.4. The maximum absolute atomic E-state index is 8.66. The van der Waals surface area contributed by atoms with Crippen LogP contribution in [0.4, 0.5) is 0 Å². The van der Waals surface area contributed by atoms with E-state index in [9.17, 15) is 0 Å². The van der Waals surface area contributed by atoms with Crippen molar-refractivity contribution in [1.82, 2.24) is 15.0 Å². The molecular weight excluding hydrogens is 182 g/mol. The van der Waals surface area contributed by atoms with Gasteiger partial charge in [-0.15, -0.1) is 16.8 Å². The summed E-state index contributed by atoms with van der Waals surface area (Å²) in [4.78, 5) is 0. The van der Waals surface area contributed by atoms with E-state index in [1.54, 1.807) is 10.9 Å². The summed E-state index contributed by atoms with van der Waals surface area (Å²) in [5, 5.41) is 16.3. The first kappa shape index (κ1) is 8.89. The Balaban J connectivity index is 2.71. The Kier molecular flexibility index (Phi) is 3.22. The number of nitrogens with zero attached hydrogens (tertiary/aromatic N) is 3. The summed E-state index contributed by atoms with van der Waals surface area (Å²) in [7, 11) is 1.37. The molecule has 0 spiro atoms. The Morgan fingerprint density at radius 1 is 1.91 bits per heavy atom. The summed E-state index contributed by atoms with van der Waals surface area (Å²) in [5.74, 6) is 0.